The van der Waals surface area contributed by atoms with Crippen LogP contribution in [0, 0.1) is 0 Å². The lowest BCUT2D eigenvalue weighted by molar-refractivity contribution is 0.113. The third kappa shape index (κ3) is 4.93. The van der Waals surface area contributed by atoms with E-state index in [1.807, 2.05) is 13.1 Å². The molecule has 0 bridgehead atoms. The van der Waals surface area contributed by atoms with Gasteiger partial charge in [-0.05, 0) is 13.5 Å². The number of ether oxygens (including phenoxy) is 1. The first-order chi connectivity index (χ1) is 7.26. The summed E-state index contributed by atoms with van der Waals surface area (Å²) in [5.41, 5.74) is 0. The van der Waals surface area contributed by atoms with Gasteiger partial charge in [-0.1, -0.05) is 18.5 Å². The molecule has 15 heavy (non-hydrogen) atoms. The molecule has 0 saturated heterocycles. The maximum absolute atomic E-state index is 5.78. The van der Waals surface area contributed by atoms with Gasteiger partial charge in [0, 0.05) is 30.8 Å². The first-order valence-corrected chi connectivity index (χ1v) is 6.36. The van der Waals surface area contributed by atoms with Crippen LogP contribution in [0.25, 0.3) is 0 Å². The van der Waals surface area contributed by atoms with Crippen molar-refractivity contribution in [1.29, 1.82) is 0 Å². The van der Waals surface area contributed by atoms with Gasteiger partial charge in [-0.15, -0.1) is 11.3 Å². The topological polar surface area (TPSA) is 25.4 Å². The van der Waals surface area contributed by atoms with Gasteiger partial charge >= 0.3 is 0 Å². The average Bonchev–Trinajstić information content (AvgIpc) is 2.63. The molecule has 1 aromatic rings. The van der Waals surface area contributed by atoms with E-state index in [9.17, 15) is 0 Å². The van der Waals surface area contributed by atoms with Gasteiger partial charge in [0.05, 0.1) is 6.61 Å². The summed E-state index contributed by atoms with van der Waals surface area (Å²) in [4.78, 5) is 7.55. The predicted molar refractivity (Wildman–Crippen MR) is 64.6 cm³/mol. The molecule has 0 aromatic carbocycles. The molecule has 0 radical (unpaired) electrons. The largest absolute Gasteiger partial charge is 0.380 e. The van der Waals surface area contributed by atoms with Crippen LogP contribution in [0.2, 0.25) is 4.47 Å². The van der Waals surface area contributed by atoms with Crippen LogP contribution in [0.4, 0.5) is 0 Å². The molecule has 0 N–H and O–H groups in total. The highest BCUT2D eigenvalue weighted by Crippen LogP contribution is 2.19. The molecular weight excluding hydrogens is 232 g/mol. The Hall–Kier alpha value is -0.160. The number of hydrogen-bond donors (Lipinski definition) is 0. The summed E-state index contributed by atoms with van der Waals surface area (Å²) in [5.74, 6) is 0. The zero-order valence-electron chi connectivity index (χ0n) is 9.20. The molecule has 3 nitrogen and oxygen atoms in total. The second-order valence-electron chi connectivity index (χ2n) is 3.15. The van der Waals surface area contributed by atoms with Crippen molar-refractivity contribution in [3.8, 4) is 0 Å². The lowest BCUT2D eigenvalue weighted by Crippen LogP contribution is -2.26. The summed E-state index contributed by atoms with van der Waals surface area (Å²) >= 11 is 7.32. The van der Waals surface area contributed by atoms with Crippen molar-refractivity contribution in [1.82, 2.24) is 9.88 Å². The Morgan fingerprint density at radius 3 is 2.87 bits per heavy atom. The van der Waals surface area contributed by atoms with E-state index in [2.05, 4.69) is 16.8 Å². The highest BCUT2D eigenvalue weighted by Gasteiger charge is 2.06. The summed E-state index contributed by atoms with van der Waals surface area (Å²) < 4.78 is 5.95. The van der Waals surface area contributed by atoms with Crippen LogP contribution >= 0.6 is 22.9 Å². The van der Waals surface area contributed by atoms with Crippen molar-refractivity contribution >= 4 is 22.9 Å². The van der Waals surface area contributed by atoms with E-state index in [0.717, 1.165) is 32.8 Å². The van der Waals surface area contributed by atoms with E-state index in [0.29, 0.717) is 4.47 Å². The van der Waals surface area contributed by atoms with Gasteiger partial charge in [0.1, 0.15) is 0 Å². The second-order valence-corrected chi connectivity index (χ2v) is 4.84. The highest BCUT2D eigenvalue weighted by molar-refractivity contribution is 7.15. The van der Waals surface area contributed by atoms with Gasteiger partial charge in [-0.25, -0.2) is 4.98 Å². The minimum absolute atomic E-state index is 0.617. The molecule has 0 saturated carbocycles. The van der Waals surface area contributed by atoms with Crippen molar-refractivity contribution in [3.63, 3.8) is 0 Å². The van der Waals surface area contributed by atoms with Crippen LogP contribution in [-0.4, -0.2) is 36.2 Å². The Kier molecular flexibility index (Phi) is 6.17. The third-order valence-electron chi connectivity index (χ3n) is 2.11. The third-order valence-corrected chi connectivity index (χ3v) is 3.21. The Balaban J connectivity index is 2.33. The lowest BCUT2D eigenvalue weighted by atomic mass is 10.4. The molecular formula is C10H17ClN2OS. The fourth-order valence-electron chi connectivity index (χ4n) is 1.26. The maximum Gasteiger partial charge on any atom is 0.183 e. The Morgan fingerprint density at radius 2 is 2.33 bits per heavy atom. The van der Waals surface area contributed by atoms with Gasteiger partial charge < -0.3 is 4.74 Å². The lowest BCUT2D eigenvalue weighted by Gasteiger charge is -2.18. The number of likely N-dealkylation sites (N-methyl/N-ethyl adjacent to an activating group) is 1. The Labute approximate surface area is 100 Å². The SMILES string of the molecule is CCOCCN(CC)Cc1cnc(Cl)s1. The number of halogens is 1. The van der Waals surface area contributed by atoms with Crippen LogP contribution in [0.15, 0.2) is 6.20 Å². The van der Waals surface area contributed by atoms with Crippen molar-refractivity contribution in [2.45, 2.75) is 20.4 Å². The number of rotatable bonds is 7. The molecule has 0 atom stereocenters. The normalized spacial score (nSPS) is 11.2. The van der Waals surface area contributed by atoms with E-state index in [1.54, 1.807) is 11.3 Å². The summed E-state index contributed by atoms with van der Waals surface area (Å²) in [6.07, 6.45) is 1.84. The van der Waals surface area contributed by atoms with Gasteiger partial charge in [0.15, 0.2) is 4.47 Å². The number of aromatic nitrogens is 1. The van der Waals surface area contributed by atoms with Gasteiger partial charge in [-0.3, -0.25) is 4.90 Å². The molecule has 0 aliphatic rings. The Bertz CT molecular complexity index is 280. The summed E-state index contributed by atoms with van der Waals surface area (Å²) in [6, 6.07) is 0. The minimum atomic E-state index is 0.617. The van der Waals surface area contributed by atoms with Crippen LogP contribution in [0.1, 0.15) is 18.7 Å². The second kappa shape index (κ2) is 7.17. The fraction of sp³-hybridized carbons (Fsp3) is 0.700. The summed E-state index contributed by atoms with van der Waals surface area (Å²) in [7, 11) is 0. The monoisotopic (exact) mass is 248 g/mol. The standard InChI is InChI=1S/C10H17ClN2OS/c1-3-13(5-6-14-4-2)8-9-7-12-10(11)15-9/h7H,3-6,8H2,1-2H3. The number of thiazole rings is 1. The number of nitrogens with zero attached hydrogens (tertiary/aromatic N) is 2. The van der Waals surface area contributed by atoms with Crippen molar-refractivity contribution in [2.24, 2.45) is 0 Å². The smallest absolute Gasteiger partial charge is 0.183 e. The first-order valence-electron chi connectivity index (χ1n) is 5.16. The molecule has 0 spiro atoms. The minimum Gasteiger partial charge on any atom is -0.380 e. The molecule has 0 amide bonds. The van der Waals surface area contributed by atoms with Gasteiger partial charge in [0.2, 0.25) is 0 Å². The number of hydrogen-bond acceptors (Lipinski definition) is 4. The van der Waals surface area contributed by atoms with Crippen LogP contribution in [-0.2, 0) is 11.3 Å². The van der Waals surface area contributed by atoms with Crippen LogP contribution in [0.5, 0.6) is 0 Å². The first kappa shape index (κ1) is 12.9. The van der Waals surface area contributed by atoms with Crippen molar-refractivity contribution in [2.75, 3.05) is 26.3 Å². The molecule has 1 heterocycles. The highest BCUT2D eigenvalue weighted by atomic mass is 35.5. The van der Waals surface area contributed by atoms with E-state index >= 15 is 0 Å². The molecule has 0 aliphatic carbocycles. The quantitative estimate of drug-likeness (QED) is 0.694. The zero-order chi connectivity index (χ0) is 11.1. The summed E-state index contributed by atoms with van der Waals surface area (Å²) in [5, 5.41) is 0. The van der Waals surface area contributed by atoms with E-state index in [1.165, 1.54) is 4.88 Å². The molecule has 5 heteroatoms. The van der Waals surface area contributed by atoms with E-state index in [-0.39, 0.29) is 0 Å². The van der Waals surface area contributed by atoms with Crippen molar-refractivity contribution < 1.29 is 4.74 Å². The van der Waals surface area contributed by atoms with Gasteiger partial charge in [0.25, 0.3) is 0 Å². The molecule has 1 rings (SSSR count). The van der Waals surface area contributed by atoms with Crippen LogP contribution < -0.4 is 0 Å². The van der Waals surface area contributed by atoms with Crippen LogP contribution in [0.3, 0.4) is 0 Å². The predicted octanol–water partition coefficient (Wildman–Crippen LogP) is 2.65. The van der Waals surface area contributed by atoms with Gasteiger partial charge in [-0.2, -0.15) is 0 Å². The van der Waals surface area contributed by atoms with Crippen molar-refractivity contribution in [3.05, 3.63) is 15.5 Å². The molecule has 1 aromatic heterocycles. The van der Waals surface area contributed by atoms with E-state index < -0.39 is 0 Å². The molecule has 86 valence electrons. The summed E-state index contributed by atoms with van der Waals surface area (Å²) in [6.45, 7) is 8.62. The molecule has 0 fully saturated rings. The zero-order valence-corrected chi connectivity index (χ0v) is 10.8. The fourth-order valence-corrected chi connectivity index (χ4v) is 2.28. The van der Waals surface area contributed by atoms with E-state index in [4.69, 9.17) is 16.3 Å². The Morgan fingerprint density at radius 1 is 1.53 bits per heavy atom. The molecule has 0 aliphatic heterocycles. The maximum atomic E-state index is 5.78. The molecule has 0 unspecified atom stereocenters. The average molecular weight is 249 g/mol.